The Morgan fingerprint density at radius 1 is 1.00 bits per heavy atom. The maximum absolute atomic E-state index is 12.2. The van der Waals surface area contributed by atoms with Gasteiger partial charge < -0.3 is 4.74 Å². The largest absolute Gasteiger partial charge is 0.460 e. The van der Waals surface area contributed by atoms with Crippen LogP contribution in [0, 0.1) is 22.7 Å². The molecule has 2 rings (SSSR count). The first-order chi connectivity index (χ1) is 12.0. The van der Waals surface area contributed by atoms with E-state index in [9.17, 15) is 13.2 Å². The molecule has 0 aromatic heterocycles. The van der Waals surface area contributed by atoms with Crippen molar-refractivity contribution >= 4 is 16.0 Å². The molecule has 8 heteroatoms. The van der Waals surface area contributed by atoms with Gasteiger partial charge in [0.25, 0.3) is 0 Å². The minimum atomic E-state index is -4.02. The highest BCUT2D eigenvalue weighted by atomic mass is 32.2. The van der Waals surface area contributed by atoms with Crippen LogP contribution >= 0.6 is 0 Å². The van der Waals surface area contributed by atoms with Crippen LogP contribution < -0.4 is 4.72 Å². The fourth-order valence-corrected chi connectivity index (χ4v) is 3.11. The second-order valence-electron chi connectivity index (χ2n) is 4.86. The quantitative estimate of drug-likeness (QED) is 0.783. The Labute approximate surface area is 145 Å². The lowest BCUT2D eigenvalue weighted by Gasteiger charge is -2.09. The molecule has 2 aromatic rings. The molecule has 2 aromatic carbocycles. The van der Waals surface area contributed by atoms with Crippen LogP contribution in [-0.4, -0.2) is 20.9 Å². The number of ether oxygens (including phenoxy) is 1. The van der Waals surface area contributed by atoms with Gasteiger partial charge in [0.2, 0.25) is 10.0 Å². The number of nitrogens with one attached hydrogen (secondary N) is 1. The summed E-state index contributed by atoms with van der Waals surface area (Å²) in [6.07, 6.45) is 0. The molecular weight excluding hydrogens is 342 g/mol. The molecule has 1 N–H and O–H groups in total. The lowest BCUT2D eigenvalue weighted by molar-refractivity contribution is -0.143. The average molecular weight is 355 g/mol. The van der Waals surface area contributed by atoms with Crippen molar-refractivity contribution in [1.82, 2.24) is 4.72 Å². The van der Waals surface area contributed by atoms with Crippen LogP contribution in [0.15, 0.2) is 53.4 Å². The summed E-state index contributed by atoms with van der Waals surface area (Å²) in [5.41, 5.74) is 0.876. The Balaban J connectivity index is 1.98. The Morgan fingerprint density at radius 2 is 1.60 bits per heavy atom. The molecule has 25 heavy (non-hydrogen) atoms. The summed E-state index contributed by atoms with van der Waals surface area (Å²) in [4.78, 5) is 11.5. The van der Waals surface area contributed by atoms with E-state index in [1.807, 2.05) is 6.07 Å². The molecule has 0 saturated heterocycles. The summed E-state index contributed by atoms with van der Waals surface area (Å²) in [5, 5.41) is 17.9. The third-order valence-electron chi connectivity index (χ3n) is 3.23. The number of carbonyl (C=O) groups is 1. The number of sulfonamides is 1. The van der Waals surface area contributed by atoms with Crippen LogP contribution in [0.4, 0.5) is 0 Å². The number of benzene rings is 2. The van der Waals surface area contributed by atoms with Crippen molar-refractivity contribution < 1.29 is 17.9 Å². The summed E-state index contributed by atoms with van der Waals surface area (Å²) >= 11 is 0. The Hall–Kier alpha value is -3.20. The topological polar surface area (TPSA) is 120 Å². The smallest absolute Gasteiger partial charge is 0.321 e. The van der Waals surface area contributed by atoms with Gasteiger partial charge in [-0.15, -0.1) is 0 Å². The summed E-state index contributed by atoms with van der Waals surface area (Å²) in [6.45, 7) is -0.726. The third-order valence-corrected chi connectivity index (χ3v) is 4.69. The predicted molar refractivity (Wildman–Crippen MR) is 87.3 cm³/mol. The van der Waals surface area contributed by atoms with Crippen molar-refractivity contribution in [2.24, 2.45) is 0 Å². The van der Waals surface area contributed by atoms with Gasteiger partial charge in [0, 0.05) is 5.56 Å². The zero-order valence-corrected chi connectivity index (χ0v) is 13.8. The van der Waals surface area contributed by atoms with Crippen LogP contribution in [0.25, 0.3) is 0 Å². The molecule has 0 aliphatic carbocycles. The minimum absolute atomic E-state index is 0.0219. The molecule has 0 aliphatic heterocycles. The van der Waals surface area contributed by atoms with Gasteiger partial charge in [0.1, 0.15) is 19.2 Å². The fraction of sp³-hybridized carbons (Fsp3) is 0.118. The SMILES string of the molecule is N#Cc1ccccc1COC(=O)CNS(=O)(=O)c1ccccc1C#N. The summed E-state index contributed by atoms with van der Waals surface area (Å²) in [5.74, 6) is -0.800. The molecule has 0 heterocycles. The number of esters is 1. The summed E-state index contributed by atoms with van der Waals surface area (Å²) < 4.78 is 31.4. The molecule has 0 fully saturated rings. The van der Waals surface area contributed by atoms with Crippen molar-refractivity contribution in [1.29, 1.82) is 10.5 Å². The van der Waals surface area contributed by atoms with Crippen LogP contribution in [0.2, 0.25) is 0 Å². The second-order valence-corrected chi connectivity index (χ2v) is 6.60. The van der Waals surface area contributed by atoms with Crippen LogP contribution in [0.1, 0.15) is 16.7 Å². The molecule has 0 saturated carbocycles. The molecule has 0 radical (unpaired) electrons. The van der Waals surface area contributed by atoms with Crippen molar-refractivity contribution in [2.45, 2.75) is 11.5 Å². The van der Waals surface area contributed by atoms with E-state index in [1.165, 1.54) is 18.2 Å². The highest BCUT2D eigenvalue weighted by Gasteiger charge is 2.19. The molecule has 126 valence electrons. The molecule has 0 bridgehead atoms. The predicted octanol–water partition coefficient (Wildman–Crippen LogP) is 1.45. The van der Waals surface area contributed by atoms with Gasteiger partial charge in [-0.3, -0.25) is 4.79 Å². The van der Waals surface area contributed by atoms with Gasteiger partial charge in [-0.05, 0) is 18.2 Å². The number of nitriles is 2. The van der Waals surface area contributed by atoms with E-state index in [2.05, 4.69) is 4.72 Å². The zero-order chi connectivity index (χ0) is 18.3. The van der Waals surface area contributed by atoms with E-state index < -0.39 is 22.5 Å². The molecule has 0 amide bonds. The first-order valence-electron chi connectivity index (χ1n) is 7.10. The number of hydrogen-bond donors (Lipinski definition) is 1. The Bertz CT molecular complexity index is 972. The standard InChI is InChI=1S/C17H13N3O4S/c18-9-13-5-1-2-7-15(13)12-24-17(21)11-20-25(22,23)16-8-4-3-6-14(16)10-19/h1-8,20H,11-12H2. The maximum Gasteiger partial charge on any atom is 0.321 e. The first kappa shape index (κ1) is 18.1. The van der Waals surface area contributed by atoms with Gasteiger partial charge in [-0.1, -0.05) is 30.3 Å². The average Bonchev–Trinajstić information content (AvgIpc) is 2.64. The van der Waals surface area contributed by atoms with E-state index in [-0.39, 0.29) is 17.1 Å². The van der Waals surface area contributed by atoms with Gasteiger partial charge >= 0.3 is 5.97 Å². The first-order valence-corrected chi connectivity index (χ1v) is 8.58. The van der Waals surface area contributed by atoms with Crippen molar-refractivity contribution in [3.63, 3.8) is 0 Å². The normalized spacial score (nSPS) is 10.5. The van der Waals surface area contributed by atoms with Gasteiger partial charge in [0.05, 0.1) is 22.1 Å². The highest BCUT2D eigenvalue weighted by Crippen LogP contribution is 2.14. The number of nitrogens with zero attached hydrogens (tertiary/aromatic N) is 2. The fourth-order valence-electron chi connectivity index (χ4n) is 1.99. The van der Waals surface area contributed by atoms with Crippen molar-refractivity contribution in [3.8, 4) is 12.1 Å². The molecule has 0 unspecified atom stereocenters. The molecule has 0 spiro atoms. The number of hydrogen-bond acceptors (Lipinski definition) is 6. The number of rotatable bonds is 6. The molecule has 0 atom stereocenters. The highest BCUT2D eigenvalue weighted by molar-refractivity contribution is 7.89. The van der Waals surface area contributed by atoms with E-state index in [0.717, 1.165) is 0 Å². The maximum atomic E-state index is 12.2. The van der Waals surface area contributed by atoms with E-state index >= 15 is 0 Å². The minimum Gasteiger partial charge on any atom is -0.460 e. The van der Waals surface area contributed by atoms with Crippen LogP contribution in [-0.2, 0) is 26.2 Å². The van der Waals surface area contributed by atoms with Crippen molar-refractivity contribution in [2.75, 3.05) is 6.54 Å². The summed E-state index contributed by atoms with van der Waals surface area (Å²) in [6, 6.07) is 16.0. The molecule has 7 nitrogen and oxygen atoms in total. The number of carbonyl (C=O) groups excluding carboxylic acids is 1. The van der Waals surface area contributed by atoms with Crippen LogP contribution in [0.3, 0.4) is 0 Å². The monoisotopic (exact) mass is 355 g/mol. The van der Waals surface area contributed by atoms with E-state index in [1.54, 1.807) is 36.4 Å². The molecular formula is C17H13N3O4S. The Kier molecular flexibility index (Phi) is 5.85. The van der Waals surface area contributed by atoms with Crippen LogP contribution in [0.5, 0.6) is 0 Å². The van der Waals surface area contributed by atoms with Crippen molar-refractivity contribution in [3.05, 3.63) is 65.2 Å². The van der Waals surface area contributed by atoms with Gasteiger partial charge in [-0.2, -0.15) is 15.2 Å². The van der Waals surface area contributed by atoms with E-state index in [0.29, 0.717) is 11.1 Å². The van der Waals surface area contributed by atoms with Gasteiger partial charge in [-0.25, -0.2) is 8.42 Å². The van der Waals surface area contributed by atoms with Gasteiger partial charge in [0.15, 0.2) is 0 Å². The molecule has 0 aliphatic rings. The Morgan fingerprint density at radius 3 is 2.28 bits per heavy atom. The summed E-state index contributed by atoms with van der Waals surface area (Å²) in [7, 11) is -4.02. The lowest BCUT2D eigenvalue weighted by Crippen LogP contribution is -2.31. The lowest BCUT2D eigenvalue weighted by atomic mass is 10.1. The zero-order valence-electron chi connectivity index (χ0n) is 13.0. The van der Waals surface area contributed by atoms with E-state index in [4.69, 9.17) is 15.3 Å². The second kappa shape index (κ2) is 8.06. The third kappa shape index (κ3) is 4.64.